The number of hydrogen-bond acceptors (Lipinski definition) is 4. The van der Waals surface area contributed by atoms with Crippen LogP contribution in [0.15, 0.2) is 17.5 Å². The minimum atomic E-state index is 0.906. The Morgan fingerprint density at radius 3 is 2.65 bits per heavy atom. The van der Waals surface area contributed by atoms with Gasteiger partial charge in [0.1, 0.15) is 5.75 Å². The van der Waals surface area contributed by atoms with E-state index >= 15 is 0 Å². The molecule has 1 heterocycles. The van der Waals surface area contributed by atoms with Gasteiger partial charge >= 0.3 is 0 Å². The largest absolute Gasteiger partial charge is 0.496 e. The van der Waals surface area contributed by atoms with Crippen LogP contribution < -0.4 is 10.1 Å². The van der Waals surface area contributed by atoms with Gasteiger partial charge < -0.3 is 10.1 Å². The van der Waals surface area contributed by atoms with Crippen LogP contribution in [-0.2, 0) is 0 Å². The summed E-state index contributed by atoms with van der Waals surface area (Å²) in [5.74, 6) is 0.906. The Labute approximate surface area is 105 Å². The van der Waals surface area contributed by atoms with Gasteiger partial charge in [-0.25, -0.2) is 4.98 Å². The summed E-state index contributed by atoms with van der Waals surface area (Å²) in [7, 11) is 3.58. The molecule has 0 bridgehead atoms. The molecule has 0 atom stereocenters. The predicted octanol–water partition coefficient (Wildman–Crippen LogP) is 3.48. The third kappa shape index (κ3) is 2.26. The Morgan fingerprint density at radius 1 is 1.29 bits per heavy atom. The maximum absolute atomic E-state index is 5.47. The van der Waals surface area contributed by atoms with E-state index in [0.29, 0.717) is 0 Å². The molecule has 3 nitrogen and oxygen atoms in total. The van der Waals surface area contributed by atoms with Gasteiger partial charge in [-0.1, -0.05) is 6.07 Å². The zero-order valence-corrected chi connectivity index (χ0v) is 11.3. The van der Waals surface area contributed by atoms with Crippen molar-refractivity contribution in [2.24, 2.45) is 0 Å². The molecule has 0 aliphatic heterocycles. The highest BCUT2D eigenvalue weighted by Crippen LogP contribution is 2.35. The molecule has 0 aliphatic rings. The molecule has 1 aromatic carbocycles. The van der Waals surface area contributed by atoms with Crippen molar-refractivity contribution in [3.8, 4) is 17.0 Å². The first kappa shape index (κ1) is 11.9. The normalized spacial score (nSPS) is 10.4. The Bertz CT molecular complexity index is 534. The van der Waals surface area contributed by atoms with Gasteiger partial charge in [0.15, 0.2) is 5.13 Å². The summed E-state index contributed by atoms with van der Waals surface area (Å²) in [6.07, 6.45) is 0. The molecule has 4 heteroatoms. The van der Waals surface area contributed by atoms with Crippen molar-refractivity contribution < 1.29 is 4.74 Å². The number of benzene rings is 1. The summed E-state index contributed by atoms with van der Waals surface area (Å²) in [5.41, 5.74) is 4.38. The van der Waals surface area contributed by atoms with Crippen molar-refractivity contribution in [2.45, 2.75) is 13.8 Å². The molecule has 17 heavy (non-hydrogen) atoms. The first-order chi connectivity index (χ1) is 8.15. The summed E-state index contributed by atoms with van der Waals surface area (Å²) in [6.45, 7) is 4.14. The average Bonchev–Trinajstić information content (AvgIpc) is 2.76. The quantitative estimate of drug-likeness (QED) is 0.903. The van der Waals surface area contributed by atoms with E-state index < -0.39 is 0 Å². The molecule has 1 aromatic heterocycles. The summed E-state index contributed by atoms with van der Waals surface area (Å²) in [4.78, 5) is 4.52. The van der Waals surface area contributed by atoms with Crippen molar-refractivity contribution in [3.05, 3.63) is 28.6 Å². The fourth-order valence-electron chi connectivity index (χ4n) is 1.93. The van der Waals surface area contributed by atoms with Gasteiger partial charge in [0.2, 0.25) is 0 Å². The highest BCUT2D eigenvalue weighted by atomic mass is 32.1. The van der Waals surface area contributed by atoms with Gasteiger partial charge in [0, 0.05) is 18.0 Å². The lowest BCUT2D eigenvalue weighted by Gasteiger charge is -2.11. The molecule has 0 spiro atoms. The molecule has 1 N–H and O–H groups in total. The van der Waals surface area contributed by atoms with E-state index in [1.54, 1.807) is 18.4 Å². The van der Waals surface area contributed by atoms with Crippen LogP contribution in [0.1, 0.15) is 11.1 Å². The Hall–Kier alpha value is -1.55. The van der Waals surface area contributed by atoms with Crippen LogP contribution in [0.4, 0.5) is 5.13 Å². The minimum Gasteiger partial charge on any atom is -0.496 e. The Kier molecular flexibility index (Phi) is 3.33. The number of hydrogen-bond donors (Lipinski definition) is 1. The maximum Gasteiger partial charge on any atom is 0.182 e. The van der Waals surface area contributed by atoms with E-state index in [-0.39, 0.29) is 0 Å². The second-order valence-electron chi connectivity index (χ2n) is 3.95. The number of methoxy groups -OCH3 is 1. The summed E-state index contributed by atoms with van der Waals surface area (Å²) in [6, 6.07) is 4.23. The first-order valence-electron chi connectivity index (χ1n) is 5.44. The van der Waals surface area contributed by atoms with Crippen LogP contribution >= 0.6 is 11.3 Å². The molecule has 2 aromatic rings. The summed E-state index contributed by atoms with van der Waals surface area (Å²) >= 11 is 1.60. The van der Waals surface area contributed by atoms with E-state index in [1.165, 1.54) is 5.56 Å². The van der Waals surface area contributed by atoms with Gasteiger partial charge in [0.25, 0.3) is 0 Å². The maximum atomic E-state index is 5.47. The molecular formula is C13H16N2OS. The lowest BCUT2D eigenvalue weighted by molar-refractivity contribution is 0.413. The van der Waals surface area contributed by atoms with E-state index in [0.717, 1.165) is 27.7 Å². The minimum absolute atomic E-state index is 0.906. The highest BCUT2D eigenvalue weighted by molar-refractivity contribution is 7.14. The van der Waals surface area contributed by atoms with Crippen molar-refractivity contribution in [1.29, 1.82) is 0 Å². The number of nitrogens with zero attached hydrogens (tertiary/aromatic N) is 1. The molecule has 90 valence electrons. The van der Waals surface area contributed by atoms with Gasteiger partial charge in [-0.3, -0.25) is 0 Å². The number of aryl methyl sites for hydroxylation is 2. The molecule has 0 fully saturated rings. The number of thiazole rings is 1. The lowest BCUT2D eigenvalue weighted by Crippen LogP contribution is -1.93. The second-order valence-corrected chi connectivity index (χ2v) is 4.81. The van der Waals surface area contributed by atoms with Gasteiger partial charge in [0.05, 0.1) is 12.8 Å². The monoisotopic (exact) mass is 248 g/mol. The lowest BCUT2D eigenvalue weighted by atomic mass is 10.0. The van der Waals surface area contributed by atoms with E-state index in [1.807, 2.05) is 12.4 Å². The number of nitrogens with one attached hydrogen (secondary N) is 1. The van der Waals surface area contributed by atoms with Gasteiger partial charge in [-0.2, -0.15) is 0 Å². The third-order valence-corrected chi connectivity index (χ3v) is 3.48. The molecule has 0 amide bonds. The molecule has 0 aliphatic carbocycles. The molecule has 0 radical (unpaired) electrons. The number of ether oxygens (including phenoxy) is 1. The van der Waals surface area contributed by atoms with E-state index in [2.05, 4.69) is 36.3 Å². The van der Waals surface area contributed by atoms with Crippen LogP contribution in [0, 0.1) is 13.8 Å². The van der Waals surface area contributed by atoms with Crippen molar-refractivity contribution in [2.75, 3.05) is 19.5 Å². The first-order valence-corrected chi connectivity index (χ1v) is 6.32. The summed E-state index contributed by atoms with van der Waals surface area (Å²) < 4.78 is 5.47. The number of rotatable bonds is 3. The van der Waals surface area contributed by atoms with Crippen LogP contribution in [0.2, 0.25) is 0 Å². The molecule has 0 saturated carbocycles. The Morgan fingerprint density at radius 2 is 2.06 bits per heavy atom. The molecule has 0 unspecified atom stereocenters. The zero-order valence-electron chi connectivity index (χ0n) is 10.5. The number of aromatic nitrogens is 1. The fraction of sp³-hybridized carbons (Fsp3) is 0.308. The molecule has 2 rings (SSSR count). The average molecular weight is 248 g/mol. The number of anilines is 1. The van der Waals surface area contributed by atoms with Crippen LogP contribution in [-0.4, -0.2) is 19.1 Å². The van der Waals surface area contributed by atoms with E-state index in [4.69, 9.17) is 4.74 Å². The van der Waals surface area contributed by atoms with Crippen molar-refractivity contribution in [1.82, 2.24) is 4.98 Å². The zero-order chi connectivity index (χ0) is 12.4. The molecule has 0 saturated heterocycles. The van der Waals surface area contributed by atoms with Crippen molar-refractivity contribution in [3.63, 3.8) is 0 Å². The fourth-order valence-corrected chi connectivity index (χ4v) is 2.60. The van der Waals surface area contributed by atoms with Gasteiger partial charge in [-0.05, 0) is 31.0 Å². The standard InChI is InChI=1S/C13H16N2OS/c1-8-5-9(2)12(16-4)10(6-8)11-7-17-13(14-3)15-11/h5-7H,1-4H3,(H,14,15). The van der Waals surface area contributed by atoms with Gasteiger partial charge in [-0.15, -0.1) is 11.3 Å². The molecular weight excluding hydrogens is 232 g/mol. The SMILES string of the molecule is CNc1nc(-c2cc(C)cc(C)c2OC)cs1. The summed E-state index contributed by atoms with van der Waals surface area (Å²) in [5, 5.41) is 6.01. The highest BCUT2D eigenvalue weighted by Gasteiger charge is 2.12. The second kappa shape index (κ2) is 4.75. The van der Waals surface area contributed by atoms with Crippen LogP contribution in [0.25, 0.3) is 11.3 Å². The Balaban J connectivity index is 2.57. The third-order valence-electron chi connectivity index (χ3n) is 2.62. The van der Waals surface area contributed by atoms with Crippen LogP contribution in [0.3, 0.4) is 0 Å². The van der Waals surface area contributed by atoms with Crippen LogP contribution in [0.5, 0.6) is 5.75 Å². The smallest absolute Gasteiger partial charge is 0.182 e. The van der Waals surface area contributed by atoms with Crippen molar-refractivity contribution >= 4 is 16.5 Å². The predicted molar refractivity (Wildman–Crippen MR) is 73.1 cm³/mol. The van der Waals surface area contributed by atoms with E-state index in [9.17, 15) is 0 Å². The topological polar surface area (TPSA) is 34.2 Å².